The number of ether oxygens (including phenoxy) is 1. The average Bonchev–Trinajstić information content (AvgIpc) is 2.46. The summed E-state index contributed by atoms with van der Waals surface area (Å²) in [6.07, 6.45) is 8.35. The van der Waals surface area contributed by atoms with E-state index >= 15 is 0 Å². The van der Waals surface area contributed by atoms with E-state index in [0.717, 1.165) is 12.5 Å². The lowest BCUT2D eigenvalue weighted by Gasteiger charge is -2.37. The molecule has 2 unspecified atom stereocenters. The van der Waals surface area contributed by atoms with Gasteiger partial charge in [-0.3, -0.25) is 0 Å². The van der Waals surface area contributed by atoms with Crippen LogP contribution in [-0.2, 0) is 0 Å². The van der Waals surface area contributed by atoms with Crippen molar-refractivity contribution >= 4 is 5.95 Å². The fourth-order valence-electron chi connectivity index (χ4n) is 2.72. The van der Waals surface area contributed by atoms with Gasteiger partial charge >= 0.3 is 0 Å². The van der Waals surface area contributed by atoms with E-state index < -0.39 is 0 Å². The first kappa shape index (κ1) is 13.1. The van der Waals surface area contributed by atoms with E-state index in [9.17, 15) is 0 Å². The van der Waals surface area contributed by atoms with Crippen molar-refractivity contribution in [2.24, 2.45) is 11.7 Å². The van der Waals surface area contributed by atoms with E-state index in [0.29, 0.717) is 17.7 Å². The molecule has 2 rings (SSSR count). The number of hydrogen-bond donors (Lipinski definition) is 1. The Kier molecular flexibility index (Phi) is 4.36. The van der Waals surface area contributed by atoms with Crippen LogP contribution in [0.1, 0.15) is 25.7 Å². The molecule has 0 aromatic carbocycles. The summed E-state index contributed by atoms with van der Waals surface area (Å²) in [4.78, 5) is 10.8. The standard InChI is InChI=1S/C13H22N4O/c1-17(12-6-4-3-5-10(12)7-14)13-15-8-11(18-2)9-16-13/h8-10,12H,3-7,14H2,1-2H3. The quantitative estimate of drug-likeness (QED) is 0.876. The van der Waals surface area contributed by atoms with E-state index in [1.165, 1.54) is 25.7 Å². The van der Waals surface area contributed by atoms with E-state index in [1.807, 2.05) is 0 Å². The highest BCUT2D eigenvalue weighted by molar-refractivity contribution is 5.32. The van der Waals surface area contributed by atoms with Gasteiger partial charge in [0.15, 0.2) is 5.75 Å². The largest absolute Gasteiger partial charge is 0.494 e. The van der Waals surface area contributed by atoms with Gasteiger partial charge in [-0.1, -0.05) is 12.8 Å². The Balaban J connectivity index is 2.10. The SMILES string of the molecule is COc1cnc(N(C)C2CCCCC2CN)nc1. The number of hydrogen-bond acceptors (Lipinski definition) is 5. The Hall–Kier alpha value is -1.36. The average molecular weight is 250 g/mol. The van der Waals surface area contributed by atoms with Crippen LogP contribution in [-0.4, -0.2) is 36.7 Å². The normalized spacial score (nSPS) is 23.7. The summed E-state index contributed by atoms with van der Waals surface area (Å²) in [6.45, 7) is 0.741. The molecule has 2 atom stereocenters. The van der Waals surface area contributed by atoms with E-state index in [-0.39, 0.29) is 0 Å². The van der Waals surface area contributed by atoms with Gasteiger partial charge in [0.2, 0.25) is 5.95 Å². The monoisotopic (exact) mass is 250 g/mol. The molecule has 1 saturated carbocycles. The maximum Gasteiger partial charge on any atom is 0.225 e. The second-order valence-corrected chi connectivity index (χ2v) is 4.88. The van der Waals surface area contributed by atoms with Gasteiger partial charge in [0, 0.05) is 13.1 Å². The van der Waals surface area contributed by atoms with Crippen LogP contribution in [0, 0.1) is 5.92 Å². The first-order chi connectivity index (χ1) is 8.76. The van der Waals surface area contributed by atoms with Gasteiger partial charge in [-0.25, -0.2) is 9.97 Å². The maximum atomic E-state index is 5.87. The molecule has 100 valence electrons. The Bertz CT molecular complexity index is 368. The van der Waals surface area contributed by atoms with Gasteiger partial charge in [-0.15, -0.1) is 0 Å². The minimum atomic E-state index is 0.456. The lowest BCUT2D eigenvalue weighted by atomic mass is 9.84. The molecule has 18 heavy (non-hydrogen) atoms. The van der Waals surface area contributed by atoms with Crippen LogP contribution < -0.4 is 15.4 Å². The topological polar surface area (TPSA) is 64.3 Å². The Morgan fingerprint density at radius 1 is 1.33 bits per heavy atom. The molecule has 1 aromatic rings. The molecule has 1 aliphatic carbocycles. The Morgan fingerprint density at radius 3 is 2.61 bits per heavy atom. The molecule has 0 amide bonds. The van der Waals surface area contributed by atoms with Crippen LogP contribution in [0.25, 0.3) is 0 Å². The minimum Gasteiger partial charge on any atom is -0.494 e. The van der Waals surface area contributed by atoms with Crippen LogP contribution in [0.4, 0.5) is 5.95 Å². The van der Waals surface area contributed by atoms with Crippen molar-refractivity contribution in [1.29, 1.82) is 0 Å². The lowest BCUT2D eigenvalue weighted by Crippen LogP contribution is -2.43. The summed E-state index contributed by atoms with van der Waals surface area (Å²) in [7, 11) is 3.67. The third-order valence-corrected chi connectivity index (χ3v) is 3.83. The molecule has 1 heterocycles. The zero-order valence-corrected chi connectivity index (χ0v) is 11.2. The van der Waals surface area contributed by atoms with Gasteiger partial charge in [0.25, 0.3) is 0 Å². The summed E-state index contributed by atoms with van der Waals surface area (Å²) in [5.41, 5.74) is 5.87. The number of nitrogens with two attached hydrogens (primary N) is 1. The smallest absolute Gasteiger partial charge is 0.225 e. The number of methoxy groups -OCH3 is 1. The fourth-order valence-corrected chi connectivity index (χ4v) is 2.72. The zero-order chi connectivity index (χ0) is 13.0. The van der Waals surface area contributed by atoms with Crippen LogP contribution in [0.5, 0.6) is 5.75 Å². The molecular formula is C13H22N4O. The molecule has 2 N–H and O–H groups in total. The van der Waals surface area contributed by atoms with Crippen LogP contribution in [0.2, 0.25) is 0 Å². The van der Waals surface area contributed by atoms with E-state index in [2.05, 4.69) is 21.9 Å². The van der Waals surface area contributed by atoms with Crippen molar-refractivity contribution in [2.45, 2.75) is 31.7 Å². The summed E-state index contributed by atoms with van der Waals surface area (Å²) >= 11 is 0. The van der Waals surface area contributed by atoms with Crippen LogP contribution >= 0.6 is 0 Å². The summed E-state index contributed by atoms with van der Waals surface area (Å²) in [5.74, 6) is 1.99. The molecule has 0 spiro atoms. The Morgan fingerprint density at radius 2 is 2.00 bits per heavy atom. The summed E-state index contributed by atoms with van der Waals surface area (Å²) in [5, 5.41) is 0. The molecule has 0 saturated heterocycles. The van der Waals surface area contributed by atoms with Gasteiger partial charge in [0.05, 0.1) is 19.5 Å². The number of rotatable bonds is 4. The van der Waals surface area contributed by atoms with Crippen molar-refractivity contribution < 1.29 is 4.74 Å². The number of anilines is 1. The molecule has 1 aliphatic rings. The predicted molar refractivity (Wildman–Crippen MR) is 71.8 cm³/mol. The third-order valence-electron chi connectivity index (χ3n) is 3.83. The van der Waals surface area contributed by atoms with Crippen molar-refractivity contribution in [3.8, 4) is 5.75 Å². The molecule has 0 bridgehead atoms. The van der Waals surface area contributed by atoms with Gasteiger partial charge in [-0.2, -0.15) is 0 Å². The van der Waals surface area contributed by atoms with Crippen molar-refractivity contribution in [2.75, 3.05) is 25.6 Å². The molecule has 0 aliphatic heterocycles. The van der Waals surface area contributed by atoms with Crippen LogP contribution in [0.3, 0.4) is 0 Å². The lowest BCUT2D eigenvalue weighted by molar-refractivity contribution is 0.304. The maximum absolute atomic E-state index is 5.87. The van der Waals surface area contributed by atoms with Gasteiger partial charge in [-0.05, 0) is 25.3 Å². The fraction of sp³-hybridized carbons (Fsp3) is 0.692. The molecule has 0 radical (unpaired) electrons. The third kappa shape index (κ3) is 2.72. The summed E-state index contributed by atoms with van der Waals surface area (Å²) in [6, 6.07) is 0.456. The highest BCUT2D eigenvalue weighted by Crippen LogP contribution is 2.28. The van der Waals surface area contributed by atoms with Crippen molar-refractivity contribution in [3.05, 3.63) is 12.4 Å². The first-order valence-corrected chi connectivity index (χ1v) is 6.55. The second-order valence-electron chi connectivity index (χ2n) is 4.88. The highest BCUT2D eigenvalue weighted by atomic mass is 16.5. The summed E-state index contributed by atoms with van der Waals surface area (Å²) < 4.78 is 5.07. The van der Waals surface area contributed by atoms with E-state index in [4.69, 9.17) is 10.5 Å². The van der Waals surface area contributed by atoms with Crippen molar-refractivity contribution in [1.82, 2.24) is 9.97 Å². The van der Waals surface area contributed by atoms with E-state index in [1.54, 1.807) is 19.5 Å². The van der Waals surface area contributed by atoms with Gasteiger partial charge < -0.3 is 15.4 Å². The molecule has 5 heteroatoms. The molecular weight excluding hydrogens is 228 g/mol. The first-order valence-electron chi connectivity index (χ1n) is 6.55. The van der Waals surface area contributed by atoms with Crippen LogP contribution in [0.15, 0.2) is 12.4 Å². The number of nitrogens with zero attached hydrogens (tertiary/aromatic N) is 3. The predicted octanol–water partition coefficient (Wildman–Crippen LogP) is 1.44. The molecule has 1 aromatic heterocycles. The van der Waals surface area contributed by atoms with Crippen molar-refractivity contribution in [3.63, 3.8) is 0 Å². The minimum absolute atomic E-state index is 0.456. The zero-order valence-electron chi connectivity index (χ0n) is 11.2. The molecule has 5 nitrogen and oxygen atoms in total. The Labute approximate surface area is 108 Å². The second kappa shape index (κ2) is 6.00. The highest BCUT2D eigenvalue weighted by Gasteiger charge is 2.28. The molecule has 1 fully saturated rings. The number of aromatic nitrogens is 2. The van der Waals surface area contributed by atoms with Gasteiger partial charge in [0.1, 0.15) is 0 Å².